The predicted molar refractivity (Wildman–Crippen MR) is 117 cm³/mol. The number of carbonyl (C=O) groups excluding carboxylic acids is 1. The number of hydrogen-bond donors (Lipinski definition) is 0. The van der Waals surface area contributed by atoms with E-state index in [0.29, 0.717) is 25.9 Å². The van der Waals surface area contributed by atoms with Crippen LogP contribution in [0.15, 0.2) is 54.6 Å². The minimum absolute atomic E-state index is 0.181. The molecule has 0 atom stereocenters. The number of aromatic nitrogens is 2. The van der Waals surface area contributed by atoms with Gasteiger partial charge >= 0.3 is 0 Å². The second-order valence-corrected chi connectivity index (χ2v) is 7.74. The third kappa shape index (κ3) is 4.22. The Bertz CT molecular complexity index is 1010. The molecule has 2 aromatic carbocycles. The molecular formula is C24H27FN4O. The van der Waals surface area contributed by atoms with Crippen molar-refractivity contribution in [3.8, 4) is 5.69 Å². The number of nitrogens with zero attached hydrogens (tertiary/aromatic N) is 4. The Kier molecular flexibility index (Phi) is 5.84. The van der Waals surface area contributed by atoms with Crippen molar-refractivity contribution < 1.29 is 9.18 Å². The third-order valence-corrected chi connectivity index (χ3v) is 5.85. The van der Waals surface area contributed by atoms with Crippen LogP contribution >= 0.6 is 0 Å². The van der Waals surface area contributed by atoms with Crippen molar-refractivity contribution in [2.75, 3.05) is 31.1 Å². The molecule has 5 nitrogen and oxygen atoms in total. The standard InChI is InChI=1S/C24H27FN4O/c1-18-23(19(2)29(26-18)22-6-4-3-5-7-22)12-13-24(30)28-16-14-27(15-17-28)21-10-8-20(25)9-11-21/h3-11H,12-17H2,1-2H3. The van der Waals surface area contributed by atoms with E-state index >= 15 is 0 Å². The second kappa shape index (κ2) is 8.69. The first kappa shape index (κ1) is 20.1. The average Bonchev–Trinajstić information content (AvgIpc) is 3.06. The van der Waals surface area contributed by atoms with Crippen LogP contribution in [0.4, 0.5) is 10.1 Å². The van der Waals surface area contributed by atoms with E-state index in [4.69, 9.17) is 0 Å². The second-order valence-electron chi connectivity index (χ2n) is 7.74. The van der Waals surface area contributed by atoms with Crippen LogP contribution in [0.5, 0.6) is 0 Å². The summed E-state index contributed by atoms with van der Waals surface area (Å²) in [5, 5.41) is 4.68. The minimum atomic E-state index is -0.228. The van der Waals surface area contributed by atoms with Crippen LogP contribution in [-0.2, 0) is 11.2 Å². The van der Waals surface area contributed by atoms with Crippen molar-refractivity contribution in [1.29, 1.82) is 0 Å². The molecule has 0 unspecified atom stereocenters. The number of piperazine rings is 1. The van der Waals surface area contributed by atoms with Gasteiger partial charge in [-0.25, -0.2) is 9.07 Å². The van der Waals surface area contributed by atoms with E-state index in [2.05, 4.69) is 16.9 Å². The number of anilines is 1. The largest absolute Gasteiger partial charge is 0.368 e. The number of benzene rings is 2. The smallest absolute Gasteiger partial charge is 0.223 e. The zero-order chi connectivity index (χ0) is 21.1. The van der Waals surface area contributed by atoms with E-state index in [9.17, 15) is 9.18 Å². The van der Waals surface area contributed by atoms with Crippen LogP contribution < -0.4 is 4.90 Å². The van der Waals surface area contributed by atoms with Crippen LogP contribution in [0, 0.1) is 19.7 Å². The van der Waals surface area contributed by atoms with E-state index in [1.54, 1.807) is 12.1 Å². The Balaban J connectivity index is 1.34. The molecule has 30 heavy (non-hydrogen) atoms. The summed E-state index contributed by atoms with van der Waals surface area (Å²) in [4.78, 5) is 16.9. The van der Waals surface area contributed by atoms with Crippen LogP contribution in [-0.4, -0.2) is 46.8 Å². The molecule has 2 heterocycles. The monoisotopic (exact) mass is 406 g/mol. The molecule has 1 aliphatic heterocycles. The van der Waals surface area contributed by atoms with Gasteiger partial charge in [0.15, 0.2) is 0 Å². The molecule has 0 radical (unpaired) electrons. The maximum Gasteiger partial charge on any atom is 0.223 e. The molecule has 0 aliphatic carbocycles. The molecule has 1 amide bonds. The summed E-state index contributed by atoms with van der Waals surface area (Å²) in [5.41, 5.74) is 5.26. The maximum absolute atomic E-state index is 13.1. The fraction of sp³-hybridized carbons (Fsp3) is 0.333. The number of amides is 1. The van der Waals surface area contributed by atoms with Crippen LogP contribution in [0.3, 0.4) is 0 Å². The Morgan fingerprint density at radius 3 is 2.27 bits per heavy atom. The van der Waals surface area contributed by atoms with Gasteiger partial charge in [-0.3, -0.25) is 4.79 Å². The molecule has 6 heteroatoms. The van der Waals surface area contributed by atoms with E-state index in [1.165, 1.54) is 12.1 Å². The van der Waals surface area contributed by atoms with Crippen LogP contribution in [0.1, 0.15) is 23.4 Å². The molecule has 0 saturated carbocycles. The number of rotatable bonds is 5. The summed E-state index contributed by atoms with van der Waals surface area (Å²) >= 11 is 0. The zero-order valence-corrected chi connectivity index (χ0v) is 17.5. The Hall–Kier alpha value is -3.15. The highest BCUT2D eigenvalue weighted by Crippen LogP contribution is 2.21. The van der Waals surface area contributed by atoms with Gasteiger partial charge in [0.25, 0.3) is 0 Å². The average molecular weight is 407 g/mol. The Labute approximate surface area is 176 Å². The highest BCUT2D eigenvalue weighted by atomic mass is 19.1. The Morgan fingerprint density at radius 1 is 0.933 bits per heavy atom. The molecule has 4 rings (SSSR count). The third-order valence-electron chi connectivity index (χ3n) is 5.85. The summed E-state index contributed by atoms with van der Waals surface area (Å²) in [7, 11) is 0. The fourth-order valence-corrected chi connectivity index (χ4v) is 4.11. The summed E-state index contributed by atoms with van der Waals surface area (Å²) in [5.74, 6) is -0.0474. The molecule has 1 aliphatic rings. The van der Waals surface area contributed by atoms with Gasteiger partial charge in [-0.15, -0.1) is 0 Å². The normalized spacial score (nSPS) is 14.2. The van der Waals surface area contributed by atoms with Gasteiger partial charge in [0.05, 0.1) is 11.4 Å². The lowest BCUT2D eigenvalue weighted by Gasteiger charge is -2.36. The first-order valence-electron chi connectivity index (χ1n) is 10.4. The lowest BCUT2D eigenvalue weighted by atomic mass is 10.1. The molecule has 1 aromatic heterocycles. The van der Waals surface area contributed by atoms with Gasteiger partial charge in [-0.2, -0.15) is 5.10 Å². The zero-order valence-electron chi connectivity index (χ0n) is 17.5. The Morgan fingerprint density at radius 2 is 1.60 bits per heavy atom. The van der Waals surface area contributed by atoms with Gasteiger partial charge in [-0.1, -0.05) is 18.2 Å². The lowest BCUT2D eigenvalue weighted by Crippen LogP contribution is -2.48. The van der Waals surface area contributed by atoms with Gasteiger partial charge < -0.3 is 9.80 Å². The lowest BCUT2D eigenvalue weighted by molar-refractivity contribution is -0.131. The predicted octanol–water partition coefficient (Wildman–Crippen LogP) is 3.91. The molecular weight excluding hydrogens is 379 g/mol. The summed E-state index contributed by atoms with van der Waals surface area (Å²) in [6.07, 6.45) is 1.18. The van der Waals surface area contributed by atoms with Crippen molar-refractivity contribution in [3.05, 3.63) is 77.4 Å². The number of halogens is 1. The maximum atomic E-state index is 13.1. The molecule has 3 aromatic rings. The number of aryl methyl sites for hydroxylation is 1. The van der Waals surface area contributed by atoms with Crippen molar-refractivity contribution in [2.24, 2.45) is 0 Å². The van der Waals surface area contributed by atoms with Gasteiger partial charge in [0.2, 0.25) is 5.91 Å². The van der Waals surface area contributed by atoms with Gasteiger partial charge in [0, 0.05) is 44.0 Å². The number of para-hydroxylation sites is 1. The van der Waals surface area contributed by atoms with E-state index < -0.39 is 0 Å². The van der Waals surface area contributed by atoms with Crippen LogP contribution in [0.2, 0.25) is 0 Å². The molecule has 0 N–H and O–H groups in total. The molecule has 156 valence electrons. The summed E-state index contributed by atoms with van der Waals surface area (Å²) < 4.78 is 15.1. The highest BCUT2D eigenvalue weighted by Gasteiger charge is 2.22. The first-order valence-corrected chi connectivity index (χ1v) is 10.4. The quantitative estimate of drug-likeness (QED) is 0.645. The molecule has 1 fully saturated rings. The van der Waals surface area contributed by atoms with Crippen molar-refractivity contribution in [3.63, 3.8) is 0 Å². The topological polar surface area (TPSA) is 41.4 Å². The molecule has 0 spiro atoms. The molecule has 1 saturated heterocycles. The fourth-order valence-electron chi connectivity index (χ4n) is 4.11. The van der Waals surface area contributed by atoms with E-state index in [-0.39, 0.29) is 11.7 Å². The minimum Gasteiger partial charge on any atom is -0.368 e. The van der Waals surface area contributed by atoms with Gasteiger partial charge in [-0.05, 0) is 62.2 Å². The number of hydrogen-bond acceptors (Lipinski definition) is 3. The number of carbonyl (C=O) groups is 1. The van der Waals surface area contributed by atoms with Crippen LogP contribution in [0.25, 0.3) is 5.69 Å². The van der Waals surface area contributed by atoms with Crippen molar-refractivity contribution >= 4 is 11.6 Å². The van der Waals surface area contributed by atoms with E-state index in [1.807, 2.05) is 46.8 Å². The molecule has 0 bridgehead atoms. The summed E-state index contributed by atoms with van der Waals surface area (Å²) in [6, 6.07) is 16.6. The highest BCUT2D eigenvalue weighted by molar-refractivity contribution is 5.77. The van der Waals surface area contributed by atoms with Crippen molar-refractivity contribution in [1.82, 2.24) is 14.7 Å². The van der Waals surface area contributed by atoms with Crippen molar-refractivity contribution in [2.45, 2.75) is 26.7 Å². The SMILES string of the molecule is Cc1nn(-c2ccccc2)c(C)c1CCC(=O)N1CCN(c2ccc(F)cc2)CC1. The van der Waals surface area contributed by atoms with E-state index in [0.717, 1.165) is 41.4 Å². The first-order chi connectivity index (χ1) is 14.5. The van der Waals surface area contributed by atoms with Gasteiger partial charge in [0.1, 0.15) is 5.82 Å². The summed E-state index contributed by atoms with van der Waals surface area (Å²) in [6.45, 7) is 6.99.